The molecule has 1 unspecified atom stereocenters. The zero-order chi connectivity index (χ0) is 14.6. The van der Waals surface area contributed by atoms with Crippen LogP contribution in [0, 0.1) is 11.7 Å². The third-order valence-corrected chi connectivity index (χ3v) is 4.20. The molecule has 0 bridgehead atoms. The Labute approximate surface area is 115 Å². The molecule has 0 spiro atoms. The Morgan fingerprint density at radius 1 is 1.53 bits per heavy atom. The molecule has 8 heteroatoms. The molecule has 0 saturated carbocycles. The zero-order valence-electron chi connectivity index (χ0n) is 10.1. The molecule has 0 amide bonds. The van der Waals surface area contributed by atoms with Gasteiger partial charge in [-0.05, 0) is 24.6 Å². The van der Waals surface area contributed by atoms with E-state index >= 15 is 0 Å². The summed E-state index contributed by atoms with van der Waals surface area (Å²) in [7, 11) is -4.01. The molecule has 5 nitrogen and oxygen atoms in total. The summed E-state index contributed by atoms with van der Waals surface area (Å²) in [6, 6.07) is 3.22. The maximum atomic E-state index is 13.5. The van der Waals surface area contributed by atoms with E-state index in [1.165, 1.54) is 13.0 Å². The van der Waals surface area contributed by atoms with E-state index < -0.39 is 32.6 Å². The first-order chi connectivity index (χ1) is 8.74. The van der Waals surface area contributed by atoms with Gasteiger partial charge in [-0.1, -0.05) is 18.5 Å². The Balaban J connectivity index is 2.74. The summed E-state index contributed by atoms with van der Waals surface area (Å²) in [5, 5.41) is 8.74. The standard InChI is InChI=1S/C11H13ClFNO4S/c1-7(11(15)16)4-5-14-19(17,18)10-3-2-8(12)6-9(10)13/h2-3,6-7,14H,4-5H2,1H3,(H,15,16). The second kappa shape index (κ2) is 6.31. The second-order valence-electron chi connectivity index (χ2n) is 4.00. The van der Waals surface area contributed by atoms with Crippen molar-refractivity contribution in [2.45, 2.75) is 18.2 Å². The quantitative estimate of drug-likeness (QED) is 0.840. The number of aliphatic carboxylic acids is 1. The third-order valence-electron chi connectivity index (χ3n) is 2.47. The molecule has 1 atom stereocenters. The molecule has 1 rings (SSSR count). The summed E-state index contributed by atoms with van der Waals surface area (Å²) in [6.07, 6.45) is 0.115. The SMILES string of the molecule is CC(CCNS(=O)(=O)c1ccc(Cl)cc1F)C(=O)O. The predicted molar refractivity (Wildman–Crippen MR) is 68.0 cm³/mol. The minimum absolute atomic E-state index is 0.0854. The Morgan fingerprint density at radius 3 is 2.68 bits per heavy atom. The van der Waals surface area contributed by atoms with Crippen molar-refractivity contribution in [2.75, 3.05) is 6.54 Å². The highest BCUT2D eigenvalue weighted by atomic mass is 35.5. The maximum absolute atomic E-state index is 13.5. The van der Waals surface area contributed by atoms with Crippen molar-refractivity contribution >= 4 is 27.6 Å². The van der Waals surface area contributed by atoms with Gasteiger partial charge in [0.25, 0.3) is 0 Å². The number of sulfonamides is 1. The van der Waals surface area contributed by atoms with Crippen molar-refractivity contribution in [1.82, 2.24) is 4.72 Å². The molecule has 0 aliphatic rings. The van der Waals surface area contributed by atoms with Gasteiger partial charge < -0.3 is 5.11 Å². The van der Waals surface area contributed by atoms with Gasteiger partial charge in [-0.25, -0.2) is 17.5 Å². The molecule has 0 fully saturated rings. The van der Waals surface area contributed by atoms with Crippen LogP contribution in [0.2, 0.25) is 5.02 Å². The van der Waals surface area contributed by atoms with Gasteiger partial charge in [0, 0.05) is 11.6 Å². The minimum Gasteiger partial charge on any atom is -0.481 e. The average Bonchev–Trinajstić information content (AvgIpc) is 2.27. The highest BCUT2D eigenvalue weighted by molar-refractivity contribution is 7.89. The number of rotatable bonds is 6. The number of nitrogens with one attached hydrogen (secondary N) is 1. The fourth-order valence-electron chi connectivity index (χ4n) is 1.30. The number of carbonyl (C=O) groups is 1. The second-order valence-corrected chi connectivity index (χ2v) is 6.17. The van der Waals surface area contributed by atoms with Crippen LogP contribution >= 0.6 is 11.6 Å². The van der Waals surface area contributed by atoms with Crippen LogP contribution in [0.15, 0.2) is 23.1 Å². The molecule has 1 aromatic carbocycles. The Bertz CT molecular complexity index is 576. The van der Waals surface area contributed by atoms with E-state index in [-0.39, 0.29) is 18.0 Å². The summed E-state index contributed by atoms with van der Waals surface area (Å²) in [5.41, 5.74) is 0. The summed E-state index contributed by atoms with van der Waals surface area (Å²) in [6.45, 7) is 1.37. The number of benzene rings is 1. The fourth-order valence-corrected chi connectivity index (χ4v) is 2.57. The first-order valence-corrected chi connectivity index (χ1v) is 7.27. The van der Waals surface area contributed by atoms with Crippen LogP contribution in [0.5, 0.6) is 0 Å². The molecule has 2 N–H and O–H groups in total. The zero-order valence-corrected chi connectivity index (χ0v) is 11.6. The molecular weight excluding hydrogens is 297 g/mol. The molecule has 0 aliphatic carbocycles. The van der Waals surface area contributed by atoms with Gasteiger partial charge in [-0.2, -0.15) is 0 Å². The largest absolute Gasteiger partial charge is 0.481 e. The van der Waals surface area contributed by atoms with Crippen molar-refractivity contribution < 1.29 is 22.7 Å². The van der Waals surface area contributed by atoms with Gasteiger partial charge in [0.15, 0.2) is 0 Å². The van der Waals surface area contributed by atoms with Crippen LogP contribution in [0.1, 0.15) is 13.3 Å². The molecule has 0 aromatic heterocycles. The highest BCUT2D eigenvalue weighted by Gasteiger charge is 2.19. The molecule has 19 heavy (non-hydrogen) atoms. The van der Waals surface area contributed by atoms with Crippen molar-refractivity contribution in [2.24, 2.45) is 5.92 Å². The molecule has 0 heterocycles. The number of hydrogen-bond acceptors (Lipinski definition) is 3. The van der Waals surface area contributed by atoms with Crippen LogP contribution in [-0.2, 0) is 14.8 Å². The normalized spacial score (nSPS) is 13.2. The predicted octanol–water partition coefficient (Wildman–Crippen LogP) is 1.87. The van der Waals surface area contributed by atoms with Crippen molar-refractivity contribution in [1.29, 1.82) is 0 Å². The minimum atomic E-state index is -4.01. The van der Waals surface area contributed by atoms with Gasteiger partial charge >= 0.3 is 5.97 Å². The molecule has 1 aromatic rings. The van der Waals surface area contributed by atoms with Gasteiger partial charge in [0.2, 0.25) is 10.0 Å². The van der Waals surface area contributed by atoms with Crippen LogP contribution < -0.4 is 4.72 Å². The Hall–Kier alpha value is -1.18. The molecule has 0 saturated heterocycles. The summed E-state index contributed by atoms with van der Waals surface area (Å²) < 4.78 is 39.2. The van der Waals surface area contributed by atoms with E-state index in [2.05, 4.69) is 4.72 Å². The van der Waals surface area contributed by atoms with Gasteiger partial charge in [-0.15, -0.1) is 0 Å². The molecule has 0 aliphatic heterocycles. The maximum Gasteiger partial charge on any atom is 0.306 e. The Kier molecular flexibility index (Phi) is 5.28. The summed E-state index contributed by atoms with van der Waals surface area (Å²) in [4.78, 5) is 10.1. The van der Waals surface area contributed by atoms with E-state index in [9.17, 15) is 17.6 Å². The van der Waals surface area contributed by atoms with E-state index in [4.69, 9.17) is 16.7 Å². The van der Waals surface area contributed by atoms with Gasteiger partial charge in [0.1, 0.15) is 10.7 Å². The van der Waals surface area contributed by atoms with Crippen LogP contribution in [-0.4, -0.2) is 26.0 Å². The van der Waals surface area contributed by atoms with E-state index in [0.717, 1.165) is 12.1 Å². The van der Waals surface area contributed by atoms with Crippen molar-refractivity contribution in [3.63, 3.8) is 0 Å². The van der Waals surface area contributed by atoms with Crippen LogP contribution in [0.25, 0.3) is 0 Å². The van der Waals surface area contributed by atoms with E-state index in [1.807, 2.05) is 0 Å². The van der Waals surface area contributed by atoms with Crippen LogP contribution in [0.3, 0.4) is 0 Å². The topological polar surface area (TPSA) is 83.5 Å². The van der Waals surface area contributed by atoms with Gasteiger partial charge in [-0.3, -0.25) is 4.79 Å². The lowest BCUT2D eigenvalue weighted by atomic mass is 10.1. The smallest absolute Gasteiger partial charge is 0.306 e. The Morgan fingerprint density at radius 2 is 2.16 bits per heavy atom. The fraction of sp³-hybridized carbons (Fsp3) is 0.364. The molecular formula is C11H13ClFNO4S. The highest BCUT2D eigenvalue weighted by Crippen LogP contribution is 2.18. The third kappa shape index (κ3) is 4.45. The monoisotopic (exact) mass is 309 g/mol. The number of hydrogen-bond donors (Lipinski definition) is 2. The molecule has 0 radical (unpaired) electrons. The van der Waals surface area contributed by atoms with Crippen molar-refractivity contribution in [3.8, 4) is 0 Å². The number of carboxylic acid groups (broad SMARTS) is 1. The first-order valence-electron chi connectivity index (χ1n) is 5.41. The number of carboxylic acids is 1. The lowest BCUT2D eigenvalue weighted by Gasteiger charge is -2.09. The molecule has 106 valence electrons. The summed E-state index contributed by atoms with van der Waals surface area (Å²) in [5.74, 6) is -2.65. The number of halogens is 2. The lowest BCUT2D eigenvalue weighted by molar-refractivity contribution is -0.141. The first kappa shape index (κ1) is 15.9. The lowest BCUT2D eigenvalue weighted by Crippen LogP contribution is -2.27. The van der Waals surface area contributed by atoms with Crippen molar-refractivity contribution in [3.05, 3.63) is 29.0 Å². The average molecular weight is 310 g/mol. The summed E-state index contributed by atoms with van der Waals surface area (Å²) >= 11 is 5.53. The van der Waals surface area contributed by atoms with Crippen LogP contribution in [0.4, 0.5) is 4.39 Å². The van der Waals surface area contributed by atoms with Gasteiger partial charge in [0.05, 0.1) is 5.92 Å². The van der Waals surface area contributed by atoms with E-state index in [1.54, 1.807) is 0 Å². The van der Waals surface area contributed by atoms with E-state index in [0.29, 0.717) is 0 Å².